The summed E-state index contributed by atoms with van der Waals surface area (Å²) in [7, 11) is -2.53. The molecule has 0 bridgehead atoms. The van der Waals surface area contributed by atoms with Gasteiger partial charge >= 0.3 is 5.97 Å². The molecule has 1 N–H and O–H groups in total. The minimum absolute atomic E-state index is 0.0607. The first-order valence-electron chi connectivity index (χ1n) is 10.3. The molecule has 0 aromatic carbocycles. The van der Waals surface area contributed by atoms with Crippen molar-refractivity contribution in [2.45, 2.75) is 50.0 Å². The van der Waals surface area contributed by atoms with Crippen LogP contribution in [-0.2, 0) is 32.4 Å². The van der Waals surface area contributed by atoms with Gasteiger partial charge in [0, 0.05) is 23.3 Å². The number of rotatable bonds is 7. The third-order valence-corrected chi connectivity index (χ3v) is 8.70. The first kappa shape index (κ1) is 21.9. The van der Waals surface area contributed by atoms with Crippen molar-refractivity contribution in [3.05, 3.63) is 40.5 Å². The molecule has 8 nitrogen and oxygen atoms in total. The van der Waals surface area contributed by atoms with E-state index >= 15 is 0 Å². The molecule has 1 atom stereocenters. The fourth-order valence-corrected chi connectivity index (χ4v) is 6.89. The second-order valence-corrected chi connectivity index (χ2v) is 11.1. The predicted octanol–water partition coefficient (Wildman–Crippen LogP) is 2.85. The molecule has 2 heterocycles. The summed E-state index contributed by atoms with van der Waals surface area (Å²) in [6.07, 6.45) is 6.80. The van der Waals surface area contributed by atoms with Crippen LogP contribution < -0.4 is 5.32 Å². The SMILES string of the molecule is COC(=O)c1c(NC(=O)CN(C2CC2)S(=O)(=O)c2cccnc2)sc2c1CCC(C)C2. The molecule has 0 saturated heterocycles. The minimum atomic E-state index is -3.84. The number of methoxy groups -OCH3 is 1. The normalized spacial score (nSPS) is 18.5. The maximum absolute atomic E-state index is 13.1. The summed E-state index contributed by atoms with van der Waals surface area (Å²) < 4.78 is 32.3. The lowest BCUT2D eigenvalue weighted by Gasteiger charge is -2.21. The molecule has 1 amide bonds. The van der Waals surface area contributed by atoms with E-state index in [1.807, 2.05) is 0 Å². The number of pyridine rings is 1. The molecule has 166 valence electrons. The van der Waals surface area contributed by atoms with Gasteiger partial charge in [-0.25, -0.2) is 13.2 Å². The van der Waals surface area contributed by atoms with Crippen molar-refractivity contribution in [3.63, 3.8) is 0 Å². The van der Waals surface area contributed by atoms with Crippen LogP contribution in [0.5, 0.6) is 0 Å². The van der Waals surface area contributed by atoms with E-state index in [0.29, 0.717) is 29.3 Å². The van der Waals surface area contributed by atoms with Crippen LogP contribution in [0.4, 0.5) is 5.00 Å². The lowest BCUT2D eigenvalue weighted by Crippen LogP contribution is -2.39. The summed E-state index contributed by atoms with van der Waals surface area (Å²) >= 11 is 1.38. The molecule has 0 radical (unpaired) electrons. The summed E-state index contributed by atoms with van der Waals surface area (Å²) in [6.45, 7) is 1.84. The highest BCUT2D eigenvalue weighted by Gasteiger charge is 2.39. The number of sulfonamides is 1. The zero-order valence-electron chi connectivity index (χ0n) is 17.5. The molecule has 2 aromatic rings. The summed E-state index contributed by atoms with van der Waals surface area (Å²) in [5.41, 5.74) is 1.34. The van der Waals surface area contributed by atoms with Gasteiger partial charge in [-0.2, -0.15) is 4.31 Å². The van der Waals surface area contributed by atoms with Crippen LogP contribution in [0.1, 0.15) is 47.0 Å². The van der Waals surface area contributed by atoms with Crippen LogP contribution in [0.3, 0.4) is 0 Å². The average Bonchev–Trinajstić information content (AvgIpc) is 3.53. The van der Waals surface area contributed by atoms with Crippen LogP contribution in [0, 0.1) is 5.92 Å². The monoisotopic (exact) mass is 463 g/mol. The lowest BCUT2D eigenvalue weighted by molar-refractivity contribution is -0.116. The highest BCUT2D eigenvalue weighted by Crippen LogP contribution is 2.40. The van der Waals surface area contributed by atoms with E-state index in [9.17, 15) is 18.0 Å². The van der Waals surface area contributed by atoms with Crippen molar-refractivity contribution in [2.24, 2.45) is 5.92 Å². The molecule has 31 heavy (non-hydrogen) atoms. The Labute approximate surface area is 185 Å². The fraction of sp³-hybridized carbons (Fsp3) is 0.476. The first-order chi connectivity index (χ1) is 14.8. The number of nitrogens with zero attached hydrogens (tertiary/aromatic N) is 2. The van der Waals surface area contributed by atoms with E-state index in [1.165, 1.54) is 41.2 Å². The molecule has 2 aromatic heterocycles. The van der Waals surface area contributed by atoms with Gasteiger partial charge in [0.15, 0.2) is 0 Å². The topological polar surface area (TPSA) is 106 Å². The highest BCUT2D eigenvalue weighted by atomic mass is 32.2. The maximum Gasteiger partial charge on any atom is 0.341 e. The maximum atomic E-state index is 13.1. The smallest absolute Gasteiger partial charge is 0.341 e. The van der Waals surface area contributed by atoms with Crippen LogP contribution in [0.15, 0.2) is 29.4 Å². The molecule has 1 saturated carbocycles. The highest BCUT2D eigenvalue weighted by molar-refractivity contribution is 7.89. The number of nitrogens with one attached hydrogen (secondary N) is 1. The van der Waals surface area contributed by atoms with E-state index in [-0.39, 0.29) is 17.5 Å². The molecule has 1 unspecified atom stereocenters. The molecule has 0 aliphatic heterocycles. The number of ether oxygens (including phenoxy) is 1. The number of hydrogen-bond acceptors (Lipinski definition) is 7. The number of esters is 1. The number of hydrogen-bond donors (Lipinski definition) is 1. The number of fused-ring (bicyclic) bond motifs is 1. The molecular weight excluding hydrogens is 438 g/mol. The molecule has 10 heteroatoms. The number of carbonyl (C=O) groups excluding carboxylic acids is 2. The van der Waals surface area contributed by atoms with Crippen molar-refractivity contribution >= 4 is 38.2 Å². The summed E-state index contributed by atoms with van der Waals surface area (Å²) in [5.74, 6) is -0.448. The quantitative estimate of drug-likeness (QED) is 0.633. The van der Waals surface area contributed by atoms with E-state index < -0.39 is 21.9 Å². The molecule has 4 rings (SSSR count). The van der Waals surface area contributed by atoms with Gasteiger partial charge in [0.1, 0.15) is 9.90 Å². The van der Waals surface area contributed by atoms with Gasteiger partial charge < -0.3 is 10.1 Å². The minimum Gasteiger partial charge on any atom is -0.465 e. The standard InChI is InChI=1S/C21H25N3O5S2/c1-13-5-8-16-17(10-13)30-20(19(16)21(26)29-2)23-18(25)12-24(14-6-7-14)31(27,28)15-4-3-9-22-11-15/h3-4,9,11,13-14H,5-8,10,12H2,1-2H3,(H,23,25). The number of amides is 1. The Hall–Kier alpha value is -2.30. The fourth-order valence-electron chi connectivity index (χ4n) is 3.87. The van der Waals surface area contributed by atoms with Gasteiger partial charge in [-0.15, -0.1) is 11.3 Å². The van der Waals surface area contributed by atoms with Crippen molar-refractivity contribution in [3.8, 4) is 0 Å². The molecule has 1 fully saturated rings. The van der Waals surface area contributed by atoms with Crippen molar-refractivity contribution in [1.82, 2.24) is 9.29 Å². The summed E-state index contributed by atoms with van der Waals surface area (Å²) in [4.78, 5) is 30.4. The van der Waals surface area contributed by atoms with E-state index in [2.05, 4.69) is 17.2 Å². The van der Waals surface area contributed by atoms with Crippen molar-refractivity contribution in [2.75, 3.05) is 19.0 Å². The Morgan fingerprint density at radius 1 is 1.32 bits per heavy atom. The Bertz CT molecular complexity index is 1090. The van der Waals surface area contributed by atoms with E-state index in [0.717, 1.165) is 29.7 Å². The third kappa shape index (κ3) is 4.51. The number of carbonyl (C=O) groups is 2. The zero-order valence-corrected chi connectivity index (χ0v) is 19.1. The Morgan fingerprint density at radius 3 is 2.74 bits per heavy atom. The molecular formula is C21H25N3O5S2. The van der Waals surface area contributed by atoms with Gasteiger partial charge in [0.05, 0.1) is 19.2 Å². The molecule has 0 spiro atoms. The van der Waals surface area contributed by atoms with Gasteiger partial charge in [0.25, 0.3) is 0 Å². The van der Waals surface area contributed by atoms with E-state index in [4.69, 9.17) is 4.74 Å². The van der Waals surface area contributed by atoms with Crippen LogP contribution in [0.25, 0.3) is 0 Å². The van der Waals surface area contributed by atoms with Gasteiger partial charge in [0.2, 0.25) is 15.9 Å². The predicted molar refractivity (Wildman–Crippen MR) is 117 cm³/mol. The Morgan fingerprint density at radius 2 is 2.10 bits per heavy atom. The van der Waals surface area contributed by atoms with Gasteiger partial charge in [-0.05, 0) is 55.7 Å². The molecule has 2 aliphatic carbocycles. The van der Waals surface area contributed by atoms with Gasteiger partial charge in [-0.3, -0.25) is 9.78 Å². The largest absolute Gasteiger partial charge is 0.465 e. The second kappa shape index (κ2) is 8.68. The van der Waals surface area contributed by atoms with Crippen molar-refractivity contribution < 1.29 is 22.7 Å². The van der Waals surface area contributed by atoms with E-state index in [1.54, 1.807) is 6.07 Å². The first-order valence-corrected chi connectivity index (χ1v) is 12.5. The van der Waals surface area contributed by atoms with Crippen molar-refractivity contribution in [1.29, 1.82) is 0 Å². The summed E-state index contributed by atoms with van der Waals surface area (Å²) in [5, 5.41) is 3.23. The number of aromatic nitrogens is 1. The van der Waals surface area contributed by atoms with Crippen LogP contribution >= 0.6 is 11.3 Å². The second-order valence-electron chi connectivity index (χ2n) is 8.07. The average molecular weight is 464 g/mol. The number of anilines is 1. The molecule has 2 aliphatic rings. The van der Waals surface area contributed by atoms with Crippen LogP contribution in [0.2, 0.25) is 0 Å². The third-order valence-electron chi connectivity index (χ3n) is 5.65. The zero-order chi connectivity index (χ0) is 22.2. The van der Waals surface area contributed by atoms with Gasteiger partial charge in [-0.1, -0.05) is 6.92 Å². The lowest BCUT2D eigenvalue weighted by atomic mass is 9.88. The summed E-state index contributed by atoms with van der Waals surface area (Å²) in [6, 6.07) is 2.82. The Balaban J connectivity index is 1.57. The Kier molecular flexibility index (Phi) is 6.14. The van der Waals surface area contributed by atoms with Crippen LogP contribution in [-0.4, -0.2) is 49.3 Å². The number of thiophene rings is 1.